The average molecular weight is 587 g/mol. The van der Waals surface area contributed by atoms with Crippen LogP contribution in [0.2, 0.25) is 0 Å². The number of aliphatic hydroxyl groups excluding tert-OH is 2. The highest BCUT2D eigenvalue weighted by molar-refractivity contribution is 5.95. The van der Waals surface area contributed by atoms with E-state index in [1.54, 1.807) is 39.0 Å². The number of ether oxygens (including phenoxy) is 4. The second kappa shape index (κ2) is 9.97. The summed E-state index contributed by atoms with van der Waals surface area (Å²) in [6.07, 6.45) is -7.27. The molecule has 11 heteroatoms. The van der Waals surface area contributed by atoms with E-state index < -0.39 is 82.2 Å². The molecule has 1 saturated heterocycles. The average Bonchev–Trinajstić information content (AvgIpc) is 2.90. The molecule has 9 atom stereocenters. The summed E-state index contributed by atoms with van der Waals surface area (Å²) in [4.78, 5) is 53.4. The zero-order valence-electron chi connectivity index (χ0n) is 24.6. The molecule has 0 amide bonds. The Balaban J connectivity index is 1.84. The second-order valence-corrected chi connectivity index (χ2v) is 12.8. The highest BCUT2D eigenvalue weighted by Gasteiger charge is 2.78. The lowest BCUT2D eigenvalue weighted by Gasteiger charge is -2.67. The van der Waals surface area contributed by atoms with Crippen molar-refractivity contribution in [3.63, 3.8) is 0 Å². The molecule has 5 rings (SSSR count). The minimum atomic E-state index is -2.11. The van der Waals surface area contributed by atoms with E-state index in [1.807, 2.05) is 0 Å². The van der Waals surface area contributed by atoms with E-state index in [-0.39, 0.29) is 30.6 Å². The van der Waals surface area contributed by atoms with Crippen molar-refractivity contribution in [2.75, 3.05) is 6.61 Å². The summed E-state index contributed by atoms with van der Waals surface area (Å²) in [5.41, 5.74) is -6.38. The lowest BCUT2D eigenvalue weighted by atomic mass is 9.44. The van der Waals surface area contributed by atoms with Gasteiger partial charge in [-0.25, -0.2) is 4.79 Å². The molecule has 0 radical (unpaired) electrons. The third-order valence-electron chi connectivity index (χ3n) is 10.2. The molecule has 0 spiro atoms. The number of ketones is 1. The standard InChI is InChI=1S/C31H38O11/c1-15-19(34)13-31(38)26(41-27(37)18-10-8-7-9-11-18)24-29(6,20(35)12-21-30(24,14-39-21)42-17(3)33)25(36)23(40-16(2)32)22(15)28(31,4)5/h7-11,19-21,23-24,26,34-35,38H,12-14H2,1-6H3/t19-,20+,21-,23-,24+,26?,29-,30+,31+/m0/s1. The molecule has 1 heterocycles. The first kappa shape index (κ1) is 30.3. The first-order valence-electron chi connectivity index (χ1n) is 14.1. The van der Waals surface area contributed by atoms with Crippen LogP contribution in [0, 0.1) is 16.7 Å². The van der Waals surface area contributed by atoms with Crippen LogP contribution in [0.25, 0.3) is 0 Å². The lowest BCUT2D eigenvalue weighted by Crippen LogP contribution is -2.81. The van der Waals surface area contributed by atoms with E-state index in [1.165, 1.54) is 26.0 Å². The van der Waals surface area contributed by atoms with Gasteiger partial charge in [-0.3, -0.25) is 14.4 Å². The van der Waals surface area contributed by atoms with Gasteiger partial charge in [0.2, 0.25) is 0 Å². The van der Waals surface area contributed by atoms with Crippen LogP contribution in [0.4, 0.5) is 0 Å². The van der Waals surface area contributed by atoms with Crippen molar-refractivity contribution in [1.29, 1.82) is 0 Å². The predicted molar refractivity (Wildman–Crippen MR) is 145 cm³/mol. The zero-order chi connectivity index (χ0) is 31.0. The Kier molecular flexibility index (Phi) is 7.20. The Morgan fingerprint density at radius 1 is 1.00 bits per heavy atom. The maximum Gasteiger partial charge on any atom is 0.338 e. The number of esters is 3. The van der Waals surface area contributed by atoms with Crippen molar-refractivity contribution in [1.82, 2.24) is 0 Å². The van der Waals surface area contributed by atoms with Crippen molar-refractivity contribution in [3.8, 4) is 0 Å². The summed E-state index contributed by atoms with van der Waals surface area (Å²) in [5.74, 6) is -4.41. The number of hydrogen-bond donors (Lipinski definition) is 3. The smallest absolute Gasteiger partial charge is 0.338 e. The maximum atomic E-state index is 14.8. The van der Waals surface area contributed by atoms with E-state index in [9.17, 15) is 34.5 Å². The van der Waals surface area contributed by atoms with Gasteiger partial charge < -0.3 is 34.3 Å². The molecule has 1 unspecified atom stereocenters. The summed E-state index contributed by atoms with van der Waals surface area (Å²) >= 11 is 0. The van der Waals surface area contributed by atoms with Gasteiger partial charge in [-0.2, -0.15) is 0 Å². The van der Waals surface area contributed by atoms with Crippen LogP contribution in [0.1, 0.15) is 64.7 Å². The van der Waals surface area contributed by atoms with Crippen molar-refractivity contribution in [2.24, 2.45) is 16.7 Å². The number of aliphatic hydroxyl groups is 3. The topological polar surface area (TPSA) is 166 Å². The van der Waals surface area contributed by atoms with E-state index >= 15 is 0 Å². The second-order valence-electron chi connectivity index (χ2n) is 12.8. The molecule has 3 N–H and O–H groups in total. The first-order valence-corrected chi connectivity index (χ1v) is 14.1. The fraction of sp³-hybridized carbons (Fsp3) is 0.613. The van der Waals surface area contributed by atoms with Gasteiger partial charge >= 0.3 is 17.9 Å². The van der Waals surface area contributed by atoms with Gasteiger partial charge in [-0.05, 0) is 37.1 Å². The minimum absolute atomic E-state index is 0.110. The lowest BCUT2D eigenvalue weighted by molar-refractivity contribution is -0.345. The van der Waals surface area contributed by atoms with Gasteiger partial charge in [0.1, 0.15) is 17.8 Å². The van der Waals surface area contributed by atoms with Crippen LogP contribution < -0.4 is 0 Å². The molecule has 1 aliphatic heterocycles. The van der Waals surface area contributed by atoms with Gasteiger partial charge in [0, 0.05) is 32.1 Å². The summed E-state index contributed by atoms with van der Waals surface area (Å²) in [5, 5.41) is 35.8. The number of carbonyl (C=O) groups is 4. The minimum Gasteiger partial charge on any atom is -0.455 e. The Labute approximate surface area is 243 Å². The van der Waals surface area contributed by atoms with E-state index in [0.29, 0.717) is 5.57 Å². The fourth-order valence-electron chi connectivity index (χ4n) is 7.91. The quantitative estimate of drug-likeness (QED) is 0.267. The molecule has 3 fully saturated rings. The normalized spacial score (nSPS) is 40.4. The number of rotatable bonds is 4. The van der Waals surface area contributed by atoms with Crippen LogP contribution in [-0.2, 0) is 33.3 Å². The Bertz CT molecular complexity index is 1350. The summed E-state index contributed by atoms with van der Waals surface area (Å²) in [6.45, 7) is 8.42. The highest BCUT2D eigenvalue weighted by Crippen LogP contribution is 2.64. The summed E-state index contributed by atoms with van der Waals surface area (Å²) in [7, 11) is 0. The maximum absolute atomic E-state index is 14.8. The van der Waals surface area contributed by atoms with Crippen LogP contribution in [0.5, 0.6) is 0 Å². The molecule has 2 saturated carbocycles. The number of Topliss-reactive ketones (excluding diaryl/α,β-unsaturated/α-hetero) is 1. The number of hydrogen-bond acceptors (Lipinski definition) is 11. The third kappa shape index (κ3) is 4.08. The third-order valence-corrected chi connectivity index (χ3v) is 10.2. The van der Waals surface area contributed by atoms with Crippen LogP contribution in [0.3, 0.4) is 0 Å². The molecule has 0 aromatic heterocycles. The molecule has 228 valence electrons. The fourth-order valence-corrected chi connectivity index (χ4v) is 7.91. The van der Waals surface area contributed by atoms with Crippen LogP contribution in [-0.4, -0.2) is 87.3 Å². The Morgan fingerprint density at radius 2 is 1.64 bits per heavy atom. The van der Waals surface area contributed by atoms with E-state index in [2.05, 4.69) is 0 Å². The van der Waals surface area contributed by atoms with Crippen molar-refractivity contribution in [3.05, 3.63) is 47.0 Å². The van der Waals surface area contributed by atoms with Gasteiger partial charge in [-0.15, -0.1) is 0 Å². The zero-order valence-corrected chi connectivity index (χ0v) is 24.6. The van der Waals surface area contributed by atoms with Gasteiger partial charge in [0.25, 0.3) is 0 Å². The molecule has 3 aliphatic carbocycles. The van der Waals surface area contributed by atoms with Gasteiger partial charge in [-0.1, -0.05) is 32.0 Å². The number of fused-ring (bicyclic) bond motifs is 5. The molecule has 1 aromatic rings. The summed E-state index contributed by atoms with van der Waals surface area (Å²) in [6, 6.07) is 8.05. The van der Waals surface area contributed by atoms with Crippen LogP contribution >= 0.6 is 0 Å². The SMILES string of the molecule is CC(=O)O[C@@H]1C(=O)[C@@]2(C)[C@H](O)C[C@@H]3OC[C@]3(OC(C)=O)[C@@H]2C(OC(=O)c2ccccc2)[C@]2(O)C[C@H](O)C(C)=C1C2(C)C. The molecular weight excluding hydrogens is 548 g/mol. The van der Waals surface area contributed by atoms with E-state index in [0.717, 1.165) is 6.92 Å². The number of benzene rings is 1. The van der Waals surface area contributed by atoms with E-state index in [4.69, 9.17) is 18.9 Å². The van der Waals surface area contributed by atoms with Crippen molar-refractivity contribution in [2.45, 2.75) is 96.1 Å². The van der Waals surface area contributed by atoms with Crippen molar-refractivity contribution >= 4 is 23.7 Å². The number of carbonyl (C=O) groups excluding carboxylic acids is 4. The molecule has 11 nitrogen and oxygen atoms in total. The first-order chi connectivity index (χ1) is 19.5. The van der Waals surface area contributed by atoms with Crippen molar-refractivity contribution < 1.29 is 53.4 Å². The van der Waals surface area contributed by atoms with Crippen LogP contribution in [0.15, 0.2) is 41.5 Å². The molecule has 42 heavy (non-hydrogen) atoms. The Morgan fingerprint density at radius 3 is 2.19 bits per heavy atom. The van der Waals surface area contributed by atoms with Gasteiger partial charge in [0.05, 0.1) is 35.7 Å². The molecule has 4 aliphatic rings. The predicted octanol–water partition coefficient (Wildman–Crippen LogP) is 1.65. The monoisotopic (exact) mass is 586 g/mol. The molecule has 1 aromatic carbocycles. The highest BCUT2D eigenvalue weighted by atomic mass is 16.6. The molecular formula is C31H38O11. The van der Waals surface area contributed by atoms with Gasteiger partial charge in [0.15, 0.2) is 17.5 Å². The molecule has 2 bridgehead atoms. The Hall–Kier alpha value is -3.12. The largest absolute Gasteiger partial charge is 0.455 e. The summed E-state index contributed by atoms with van der Waals surface area (Å²) < 4.78 is 23.5.